The highest BCUT2D eigenvalue weighted by Crippen LogP contribution is 2.25. The Balaban J connectivity index is 2.45. The summed E-state index contributed by atoms with van der Waals surface area (Å²) in [6, 6.07) is 11.5. The molecule has 0 atom stereocenters. The van der Waals surface area contributed by atoms with Gasteiger partial charge in [-0.1, -0.05) is 17.7 Å². The second-order valence-electron chi connectivity index (χ2n) is 3.53. The zero-order valence-electron chi connectivity index (χ0n) is 9.20. The van der Waals surface area contributed by atoms with E-state index in [1.165, 1.54) is 0 Å². The van der Waals surface area contributed by atoms with Gasteiger partial charge in [0, 0.05) is 5.56 Å². The molecule has 2 rings (SSSR count). The van der Waals surface area contributed by atoms with E-state index in [4.69, 9.17) is 16.3 Å². The minimum Gasteiger partial charge on any atom is -0.496 e. The van der Waals surface area contributed by atoms with Crippen molar-refractivity contribution in [3.8, 4) is 17.0 Å². The van der Waals surface area contributed by atoms with Gasteiger partial charge in [-0.15, -0.1) is 0 Å². The quantitative estimate of drug-likeness (QED) is 0.738. The van der Waals surface area contributed by atoms with Crippen LogP contribution < -0.4 is 4.74 Å². The van der Waals surface area contributed by atoms with Gasteiger partial charge in [-0.25, -0.2) is 4.98 Å². The van der Waals surface area contributed by atoms with Crippen molar-refractivity contribution in [2.45, 2.75) is 6.92 Å². The van der Waals surface area contributed by atoms with Gasteiger partial charge in [-0.2, -0.15) is 0 Å². The molecule has 0 bridgehead atoms. The van der Waals surface area contributed by atoms with Crippen LogP contribution in [0.1, 0.15) is 5.56 Å². The van der Waals surface area contributed by atoms with Crippen molar-refractivity contribution < 1.29 is 4.74 Å². The molecule has 16 heavy (non-hydrogen) atoms. The lowest BCUT2D eigenvalue weighted by Crippen LogP contribution is -1.89. The first kappa shape index (κ1) is 11.0. The third kappa shape index (κ3) is 2.17. The number of ether oxygens (including phenoxy) is 1. The standard InChI is InChI=1S/C13H12ClNO/c1-9-8-10(6-7-12(9)16-2)11-4-3-5-13(14)15-11/h3-8H,1-2H3. The van der Waals surface area contributed by atoms with Crippen LogP contribution in [0.5, 0.6) is 5.75 Å². The third-order valence-corrected chi connectivity index (χ3v) is 2.62. The minimum absolute atomic E-state index is 0.506. The Morgan fingerprint density at radius 2 is 2.00 bits per heavy atom. The molecule has 0 amide bonds. The molecule has 2 nitrogen and oxygen atoms in total. The molecular formula is C13H12ClNO. The molecule has 1 heterocycles. The van der Waals surface area contributed by atoms with Crippen LogP contribution in [-0.2, 0) is 0 Å². The molecule has 2 aromatic rings. The normalized spacial score (nSPS) is 10.2. The average molecular weight is 234 g/mol. The number of hydrogen-bond donors (Lipinski definition) is 0. The van der Waals surface area contributed by atoms with E-state index in [2.05, 4.69) is 4.98 Å². The van der Waals surface area contributed by atoms with E-state index in [0.717, 1.165) is 22.6 Å². The van der Waals surface area contributed by atoms with Gasteiger partial charge in [0.15, 0.2) is 0 Å². The molecule has 82 valence electrons. The number of pyridine rings is 1. The summed E-state index contributed by atoms with van der Waals surface area (Å²) in [6.45, 7) is 2.01. The van der Waals surface area contributed by atoms with Crippen LogP contribution >= 0.6 is 11.6 Å². The lowest BCUT2D eigenvalue weighted by atomic mass is 10.1. The largest absolute Gasteiger partial charge is 0.496 e. The summed E-state index contributed by atoms with van der Waals surface area (Å²) >= 11 is 5.86. The molecule has 0 fully saturated rings. The maximum absolute atomic E-state index is 5.86. The second-order valence-corrected chi connectivity index (χ2v) is 3.92. The minimum atomic E-state index is 0.506. The maximum atomic E-state index is 5.86. The smallest absolute Gasteiger partial charge is 0.129 e. The monoisotopic (exact) mass is 233 g/mol. The summed E-state index contributed by atoms with van der Waals surface area (Å²) < 4.78 is 5.21. The van der Waals surface area contributed by atoms with Crippen molar-refractivity contribution in [2.75, 3.05) is 7.11 Å². The Morgan fingerprint density at radius 3 is 2.62 bits per heavy atom. The van der Waals surface area contributed by atoms with Gasteiger partial charge >= 0.3 is 0 Å². The van der Waals surface area contributed by atoms with E-state index in [9.17, 15) is 0 Å². The Kier molecular flexibility index (Phi) is 3.11. The van der Waals surface area contributed by atoms with Crippen LogP contribution in [0, 0.1) is 6.92 Å². The average Bonchev–Trinajstić information content (AvgIpc) is 2.29. The molecule has 0 saturated carbocycles. The highest BCUT2D eigenvalue weighted by Gasteiger charge is 2.03. The number of halogens is 1. The predicted molar refractivity (Wildman–Crippen MR) is 66.0 cm³/mol. The first-order valence-corrected chi connectivity index (χ1v) is 5.36. The predicted octanol–water partition coefficient (Wildman–Crippen LogP) is 3.72. The van der Waals surface area contributed by atoms with E-state index in [-0.39, 0.29) is 0 Å². The SMILES string of the molecule is COc1ccc(-c2cccc(Cl)n2)cc1C. The molecule has 0 aliphatic carbocycles. The zero-order chi connectivity index (χ0) is 11.5. The summed E-state index contributed by atoms with van der Waals surface area (Å²) in [7, 11) is 1.67. The van der Waals surface area contributed by atoms with Crippen LogP contribution in [0.4, 0.5) is 0 Å². The second kappa shape index (κ2) is 4.54. The third-order valence-electron chi connectivity index (χ3n) is 2.41. The van der Waals surface area contributed by atoms with Crippen molar-refractivity contribution in [3.05, 3.63) is 47.1 Å². The van der Waals surface area contributed by atoms with E-state index >= 15 is 0 Å². The Bertz CT molecular complexity index is 511. The number of benzene rings is 1. The lowest BCUT2D eigenvalue weighted by molar-refractivity contribution is 0.412. The number of hydrogen-bond acceptors (Lipinski definition) is 2. The van der Waals surface area contributed by atoms with Gasteiger partial charge in [-0.05, 0) is 42.8 Å². The number of rotatable bonds is 2. The van der Waals surface area contributed by atoms with Crippen molar-refractivity contribution in [2.24, 2.45) is 0 Å². The topological polar surface area (TPSA) is 22.1 Å². The van der Waals surface area contributed by atoms with Gasteiger partial charge in [0.1, 0.15) is 10.9 Å². The molecule has 0 aliphatic rings. The molecule has 0 unspecified atom stereocenters. The zero-order valence-corrected chi connectivity index (χ0v) is 9.95. The number of methoxy groups -OCH3 is 1. The Hall–Kier alpha value is -1.54. The molecule has 0 radical (unpaired) electrons. The maximum Gasteiger partial charge on any atom is 0.129 e. The van der Waals surface area contributed by atoms with Crippen LogP contribution in [0.15, 0.2) is 36.4 Å². The summed E-state index contributed by atoms with van der Waals surface area (Å²) in [5.41, 5.74) is 3.00. The van der Waals surface area contributed by atoms with Crippen molar-refractivity contribution in [1.82, 2.24) is 4.98 Å². The molecule has 3 heteroatoms. The van der Waals surface area contributed by atoms with Crippen molar-refractivity contribution >= 4 is 11.6 Å². The fraction of sp³-hybridized carbons (Fsp3) is 0.154. The first-order chi connectivity index (χ1) is 7.70. The fourth-order valence-corrected chi connectivity index (χ4v) is 1.77. The summed E-state index contributed by atoms with van der Waals surface area (Å²) in [5.74, 6) is 0.880. The van der Waals surface area contributed by atoms with Gasteiger partial charge in [0.25, 0.3) is 0 Å². The molecule has 0 aliphatic heterocycles. The van der Waals surface area contributed by atoms with Gasteiger partial charge < -0.3 is 4.74 Å². The van der Waals surface area contributed by atoms with E-state index in [1.807, 2.05) is 37.3 Å². The van der Waals surface area contributed by atoms with Crippen LogP contribution in [0.2, 0.25) is 5.15 Å². The van der Waals surface area contributed by atoms with Crippen LogP contribution in [0.25, 0.3) is 11.3 Å². The van der Waals surface area contributed by atoms with E-state index in [0.29, 0.717) is 5.15 Å². The highest BCUT2D eigenvalue weighted by molar-refractivity contribution is 6.29. The number of nitrogens with zero attached hydrogens (tertiary/aromatic N) is 1. The van der Waals surface area contributed by atoms with Crippen LogP contribution in [-0.4, -0.2) is 12.1 Å². The number of aromatic nitrogens is 1. The Labute approximate surface area is 99.9 Å². The van der Waals surface area contributed by atoms with Crippen LogP contribution in [0.3, 0.4) is 0 Å². The van der Waals surface area contributed by atoms with Gasteiger partial charge in [0.05, 0.1) is 12.8 Å². The summed E-state index contributed by atoms with van der Waals surface area (Å²) in [4.78, 5) is 4.26. The van der Waals surface area contributed by atoms with Gasteiger partial charge in [-0.3, -0.25) is 0 Å². The van der Waals surface area contributed by atoms with Crippen molar-refractivity contribution in [1.29, 1.82) is 0 Å². The molecule has 1 aromatic heterocycles. The first-order valence-electron chi connectivity index (χ1n) is 4.98. The summed E-state index contributed by atoms with van der Waals surface area (Å²) in [5, 5.41) is 0.506. The summed E-state index contributed by atoms with van der Waals surface area (Å²) in [6.07, 6.45) is 0. The van der Waals surface area contributed by atoms with Gasteiger partial charge in [0.2, 0.25) is 0 Å². The highest BCUT2D eigenvalue weighted by atomic mass is 35.5. The molecule has 0 spiro atoms. The molecule has 0 N–H and O–H groups in total. The van der Waals surface area contributed by atoms with Crippen molar-refractivity contribution in [3.63, 3.8) is 0 Å². The molecule has 1 aromatic carbocycles. The molecular weight excluding hydrogens is 222 g/mol. The lowest BCUT2D eigenvalue weighted by Gasteiger charge is -2.07. The van der Waals surface area contributed by atoms with E-state index in [1.54, 1.807) is 13.2 Å². The molecule has 0 saturated heterocycles. The number of aryl methyl sites for hydroxylation is 1. The Morgan fingerprint density at radius 1 is 1.19 bits per heavy atom. The fourth-order valence-electron chi connectivity index (χ4n) is 1.61. The van der Waals surface area contributed by atoms with E-state index < -0.39 is 0 Å².